The Hall–Kier alpha value is -0.570. The molecule has 0 aliphatic rings. The summed E-state index contributed by atoms with van der Waals surface area (Å²) >= 11 is 0. The minimum atomic E-state index is -0.660. The van der Waals surface area contributed by atoms with Crippen LogP contribution >= 0.6 is 0 Å². The zero-order valence-corrected chi connectivity index (χ0v) is 14.9. The first-order chi connectivity index (χ1) is 10.8. The SMILES string of the molecule is CCCCCCCCCNCCCCCCCCCC(=O)O. The number of rotatable bonds is 18. The number of hydrogen-bond donors (Lipinski definition) is 2. The van der Waals surface area contributed by atoms with Gasteiger partial charge in [-0.25, -0.2) is 0 Å². The van der Waals surface area contributed by atoms with Crippen LogP contribution in [0.4, 0.5) is 0 Å². The van der Waals surface area contributed by atoms with Gasteiger partial charge in [-0.2, -0.15) is 0 Å². The lowest BCUT2D eigenvalue weighted by Crippen LogP contribution is -2.16. The number of carbonyl (C=O) groups is 1. The second-order valence-corrected chi connectivity index (χ2v) is 6.49. The maximum atomic E-state index is 10.4. The Kier molecular flexibility index (Phi) is 18.0. The summed E-state index contributed by atoms with van der Waals surface area (Å²) in [6.07, 6.45) is 18.3. The molecule has 0 heterocycles. The van der Waals surface area contributed by atoms with Crippen LogP contribution in [0.1, 0.15) is 103 Å². The van der Waals surface area contributed by atoms with Crippen LogP contribution in [0.25, 0.3) is 0 Å². The highest BCUT2D eigenvalue weighted by Gasteiger charge is 1.96. The first kappa shape index (κ1) is 21.4. The molecular weight excluding hydrogens is 274 g/mol. The van der Waals surface area contributed by atoms with E-state index in [2.05, 4.69) is 12.2 Å². The standard InChI is InChI=1S/C19H39NO2/c1-2-3-4-5-8-11-14-17-20-18-15-12-9-6-7-10-13-16-19(21)22/h20H,2-18H2,1H3,(H,21,22). The van der Waals surface area contributed by atoms with Gasteiger partial charge in [0.25, 0.3) is 0 Å². The normalized spacial score (nSPS) is 11.0. The van der Waals surface area contributed by atoms with E-state index >= 15 is 0 Å². The van der Waals surface area contributed by atoms with Gasteiger partial charge in [0.2, 0.25) is 0 Å². The fraction of sp³-hybridized carbons (Fsp3) is 0.947. The van der Waals surface area contributed by atoms with E-state index in [1.54, 1.807) is 0 Å². The molecule has 0 aromatic carbocycles. The predicted octanol–water partition coefficient (Wildman–Crippen LogP) is 5.53. The lowest BCUT2D eigenvalue weighted by Gasteiger charge is -2.05. The maximum Gasteiger partial charge on any atom is 0.303 e. The highest BCUT2D eigenvalue weighted by molar-refractivity contribution is 5.66. The maximum absolute atomic E-state index is 10.4. The fourth-order valence-corrected chi connectivity index (χ4v) is 2.74. The molecule has 132 valence electrons. The van der Waals surface area contributed by atoms with Crippen molar-refractivity contribution in [1.82, 2.24) is 5.32 Å². The summed E-state index contributed by atoms with van der Waals surface area (Å²) in [7, 11) is 0. The Morgan fingerprint density at radius 3 is 1.55 bits per heavy atom. The van der Waals surface area contributed by atoms with Crippen LogP contribution in [0.2, 0.25) is 0 Å². The lowest BCUT2D eigenvalue weighted by atomic mass is 10.1. The van der Waals surface area contributed by atoms with E-state index in [-0.39, 0.29) is 0 Å². The molecule has 0 aliphatic carbocycles. The molecule has 0 bridgehead atoms. The van der Waals surface area contributed by atoms with Crippen molar-refractivity contribution in [2.75, 3.05) is 13.1 Å². The van der Waals surface area contributed by atoms with Crippen LogP contribution in [0.15, 0.2) is 0 Å². The van der Waals surface area contributed by atoms with Crippen molar-refractivity contribution in [2.24, 2.45) is 0 Å². The molecule has 0 amide bonds. The van der Waals surface area contributed by atoms with Gasteiger partial charge in [0.05, 0.1) is 0 Å². The highest BCUT2D eigenvalue weighted by Crippen LogP contribution is 2.08. The van der Waals surface area contributed by atoms with Crippen LogP contribution in [-0.2, 0) is 4.79 Å². The number of unbranched alkanes of at least 4 members (excludes halogenated alkanes) is 12. The van der Waals surface area contributed by atoms with Crippen LogP contribution in [0, 0.1) is 0 Å². The molecule has 0 rings (SSSR count). The third kappa shape index (κ3) is 19.4. The molecule has 0 aromatic rings. The molecule has 2 N–H and O–H groups in total. The van der Waals surface area contributed by atoms with Crippen molar-refractivity contribution < 1.29 is 9.90 Å². The Labute approximate surface area is 138 Å². The summed E-state index contributed by atoms with van der Waals surface area (Å²) in [5.74, 6) is -0.660. The quantitative estimate of drug-likeness (QED) is 0.327. The molecule has 0 aromatic heterocycles. The van der Waals surface area contributed by atoms with E-state index in [4.69, 9.17) is 5.11 Å². The van der Waals surface area contributed by atoms with Crippen molar-refractivity contribution in [3.8, 4) is 0 Å². The third-order valence-corrected chi connectivity index (χ3v) is 4.20. The molecule has 0 spiro atoms. The molecule has 0 saturated heterocycles. The second kappa shape index (κ2) is 18.5. The lowest BCUT2D eigenvalue weighted by molar-refractivity contribution is -0.137. The fourth-order valence-electron chi connectivity index (χ4n) is 2.74. The third-order valence-electron chi connectivity index (χ3n) is 4.20. The van der Waals surface area contributed by atoms with Crippen molar-refractivity contribution in [2.45, 2.75) is 103 Å². The summed E-state index contributed by atoms with van der Waals surface area (Å²) in [6.45, 7) is 4.61. The van der Waals surface area contributed by atoms with Crippen LogP contribution in [0.5, 0.6) is 0 Å². The predicted molar refractivity (Wildman–Crippen MR) is 95.4 cm³/mol. The summed E-state index contributed by atoms with van der Waals surface area (Å²) in [4.78, 5) is 10.4. The minimum absolute atomic E-state index is 0.336. The summed E-state index contributed by atoms with van der Waals surface area (Å²) in [5.41, 5.74) is 0. The Bertz CT molecular complexity index is 231. The molecule has 0 aliphatic heterocycles. The average molecular weight is 314 g/mol. The van der Waals surface area contributed by atoms with Crippen LogP contribution in [-0.4, -0.2) is 24.2 Å². The Morgan fingerprint density at radius 2 is 1.09 bits per heavy atom. The largest absolute Gasteiger partial charge is 0.481 e. The van der Waals surface area contributed by atoms with E-state index < -0.39 is 5.97 Å². The molecule has 0 radical (unpaired) electrons. The molecule has 0 unspecified atom stereocenters. The second-order valence-electron chi connectivity index (χ2n) is 6.49. The topological polar surface area (TPSA) is 49.3 Å². The van der Waals surface area contributed by atoms with Gasteiger partial charge in [-0.1, -0.05) is 77.6 Å². The number of carboxylic acid groups (broad SMARTS) is 1. The molecule has 3 nitrogen and oxygen atoms in total. The number of nitrogens with one attached hydrogen (secondary N) is 1. The van der Waals surface area contributed by atoms with Gasteiger partial charge >= 0.3 is 5.97 Å². The van der Waals surface area contributed by atoms with Gasteiger partial charge < -0.3 is 10.4 Å². The van der Waals surface area contributed by atoms with E-state index in [1.165, 1.54) is 83.6 Å². The average Bonchev–Trinajstić information content (AvgIpc) is 2.50. The number of aliphatic carboxylic acids is 1. The highest BCUT2D eigenvalue weighted by atomic mass is 16.4. The van der Waals surface area contributed by atoms with Gasteiger partial charge in [0.15, 0.2) is 0 Å². The van der Waals surface area contributed by atoms with Gasteiger partial charge in [-0.05, 0) is 32.4 Å². The number of hydrogen-bond acceptors (Lipinski definition) is 2. The smallest absolute Gasteiger partial charge is 0.303 e. The minimum Gasteiger partial charge on any atom is -0.481 e. The van der Waals surface area contributed by atoms with E-state index in [9.17, 15) is 4.79 Å². The van der Waals surface area contributed by atoms with Crippen molar-refractivity contribution >= 4 is 5.97 Å². The van der Waals surface area contributed by atoms with Gasteiger partial charge in [0.1, 0.15) is 0 Å². The van der Waals surface area contributed by atoms with Gasteiger partial charge in [0, 0.05) is 6.42 Å². The summed E-state index contributed by atoms with van der Waals surface area (Å²) in [6, 6.07) is 0. The Morgan fingerprint density at radius 1 is 0.682 bits per heavy atom. The first-order valence-corrected chi connectivity index (χ1v) is 9.70. The zero-order chi connectivity index (χ0) is 16.3. The zero-order valence-electron chi connectivity index (χ0n) is 14.9. The molecule has 22 heavy (non-hydrogen) atoms. The molecule has 0 fully saturated rings. The van der Waals surface area contributed by atoms with Gasteiger partial charge in [-0.15, -0.1) is 0 Å². The first-order valence-electron chi connectivity index (χ1n) is 9.70. The Balaban J connectivity index is 2.95. The van der Waals surface area contributed by atoms with Gasteiger partial charge in [-0.3, -0.25) is 4.79 Å². The van der Waals surface area contributed by atoms with E-state index in [0.29, 0.717) is 6.42 Å². The van der Waals surface area contributed by atoms with E-state index in [0.717, 1.165) is 19.4 Å². The molecule has 0 atom stereocenters. The monoisotopic (exact) mass is 313 g/mol. The molecule has 3 heteroatoms. The van der Waals surface area contributed by atoms with Crippen LogP contribution < -0.4 is 5.32 Å². The van der Waals surface area contributed by atoms with Crippen molar-refractivity contribution in [3.05, 3.63) is 0 Å². The van der Waals surface area contributed by atoms with Crippen molar-refractivity contribution in [1.29, 1.82) is 0 Å². The summed E-state index contributed by atoms with van der Waals surface area (Å²) < 4.78 is 0. The molecule has 0 saturated carbocycles. The van der Waals surface area contributed by atoms with E-state index in [1.807, 2.05) is 0 Å². The van der Waals surface area contributed by atoms with Crippen LogP contribution in [0.3, 0.4) is 0 Å². The number of carboxylic acids is 1. The molecular formula is C19H39NO2. The summed E-state index contributed by atoms with van der Waals surface area (Å²) in [5, 5.41) is 12.1. The van der Waals surface area contributed by atoms with Crippen molar-refractivity contribution in [3.63, 3.8) is 0 Å².